The number of thiazole rings is 1. The van der Waals surface area contributed by atoms with Gasteiger partial charge >= 0.3 is 0 Å². The van der Waals surface area contributed by atoms with Crippen molar-refractivity contribution in [3.8, 4) is 0 Å². The monoisotopic (exact) mass is 140 g/mol. The fourth-order valence-electron chi connectivity index (χ4n) is 0.604. The second-order valence-electron chi connectivity index (χ2n) is 2.12. The summed E-state index contributed by atoms with van der Waals surface area (Å²) in [6.07, 6.45) is 3.98. The standard InChI is InChI=1S/C7H10NS/c1-3-6(2)7-8-4-5-9-7/h5-6H,3H2,1-2H3. The minimum atomic E-state index is 0.612. The van der Waals surface area contributed by atoms with E-state index in [1.165, 1.54) is 11.4 Å². The molecule has 1 aromatic rings. The van der Waals surface area contributed by atoms with E-state index in [2.05, 4.69) is 25.0 Å². The van der Waals surface area contributed by atoms with E-state index in [9.17, 15) is 0 Å². The summed E-state index contributed by atoms with van der Waals surface area (Å²) in [5, 5.41) is 3.11. The first-order valence-electron chi connectivity index (χ1n) is 3.16. The van der Waals surface area contributed by atoms with Crippen molar-refractivity contribution in [1.29, 1.82) is 0 Å². The molecule has 1 aromatic heterocycles. The topological polar surface area (TPSA) is 12.9 Å². The van der Waals surface area contributed by atoms with Crippen LogP contribution in [0.1, 0.15) is 31.2 Å². The van der Waals surface area contributed by atoms with Crippen molar-refractivity contribution in [1.82, 2.24) is 4.98 Å². The molecule has 1 radical (unpaired) electrons. The SMILES string of the molecule is CCC(C)c1n[c]cs1. The van der Waals surface area contributed by atoms with Gasteiger partial charge in [-0.15, -0.1) is 11.3 Å². The van der Waals surface area contributed by atoms with Gasteiger partial charge in [-0.05, 0) is 6.42 Å². The third-order valence-electron chi connectivity index (χ3n) is 1.44. The van der Waals surface area contributed by atoms with Crippen molar-refractivity contribution < 1.29 is 0 Å². The summed E-state index contributed by atoms with van der Waals surface area (Å²) in [6.45, 7) is 4.36. The largest absolute Gasteiger partial charge is 0.239 e. The Bertz CT molecular complexity index is 157. The van der Waals surface area contributed by atoms with Crippen LogP contribution in [-0.2, 0) is 0 Å². The molecule has 0 N–H and O–H groups in total. The van der Waals surface area contributed by atoms with Crippen molar-refractivity contribution in [2.24, 2.45) is 0 Å². The fraction of sp³-hybridized carbons (Fsp3) is 0.571. The maximum atomic E-state index is 4.08. The van der Waals surface area contributed by atoms with Gasteiger partial charge in [0, 0.05) is 11.3 Å². The minimum absolute atomic E-state index is 0.612. The molecule has 1 unspecified atom stereocenters. The van der Waals surface area contributed by atoms with Gasteiger partial charge in [-0.2, -0.15) is 0 Å². The highest BCUT2D eigenvalue weighted by atomic mass is 32.1. The summed E-state index contributed by atoms with van der Waals surface area (Å²) in [5.41, 5.74) is 0. The van der Waals surface area contributed by atoms with Crippen molar-refractivity contribution in [2.45, 2.75) is 26.2 Å². The van der Waals surface area contributed by atoms with Crippen LogP contribution in [0.3, 0.4) is 0 Å². The Morgan fingerprint density at radius 2 is 2.67 bits per heavy atom. The summed E-state index contributed by atoms with van der Waals surface area (Å²) < 4.78 is 0. The summed E-state index contributed by atoms with van der Waals surface area (Å²) in [5.74, 6) is 0.612. The Balaban J connectivity index is 2.65. The average molecular weight is 140 g/mol. The molecule has 0 spiro atoms. The zero-order chi connectivity index (χ0) is 6.69. The summed E-state index contributed by atoms with van der Waals surface area (Å²) in [4.78, 5) is 4.08. The normalized spacial score (nSPS) is 13.6. The zero-order valence-electron chi connectivity index (χ0n) is 5.72. The molecule has 0 aliphatic heterocycles. The highest BCUT2D eigenvalue weighted by molar-refractivity contribution is 7.09. The van der Waals surface area contributed by atoms with Crippen LogP contribution in [0.25, 0.3) is 0 Å². The molecule has 1 rings (SSSR count). The summed E-state index contributed by atoms with van der Waals surface area (Å²) in [7, 11) is 0. The van der Waals surface area contributed by atoms with Crippen LogP contribution in [0.4, 0.5) is 0 Å². The van der Waals surface area contributed by atoms with E-state index in [4.69, 9.17) is 0 Å². The molecule has 0 aliphatic rings. The van der Waals surface area contributed by atoms with Crippen LogP contribution in [0.15, 0.2) is 5.38 Å². The molecule has 0 aliphatic carbocycles. The van der Waals surface area contributed by atoms with Gasteiger partial charge in [0.05, 0.1) is 5.01 Å². The van der Waals surface area contributed by atoms with Crippen LogP contribution < -0.4 is 0 Å². The number of hydrogen-bond donors (Lipinski definition) is 0. The Labute approximate surface area is 59.8 Å². The lowest BCUT2D eigenvalue weighted by Gasteiger charge is -2.00. The van der Waals surface area contributed by atoms with Gasteiger partial charge in [0.25, 0.3) is 0 Å². The minimum Gasteiger partial charge on any atom is -0.239 e. The first-order chi connectivity index (χ1) is 4.34. The van der Waals surface area contributed by atoms with Gasteiger partial charge in [-0.25, -0.2) is 4.98 Å². The fourth-order valence-corrected chi connectivity index (χ4v) is 1.33. The number of rotatable bonds is 2. The molecular formula is C7H10NS. The lowest BCUT2D eigenvalue weighted by Crippen LogP contribution is -1.87. The van der Waals surface area contributed by atoms with E-state index < -0.39 is 0 Å². The summed E-state index contributed by atoms with van der Waals surface area (Å²) >= 11 is 1.69. The Morgan fingerprint density at radius 3 is 3.11 bits per heavy atom. The van der Waals surface area contributed by atoms with Crippen LogP contribution in [-0.4, -0.2) is 4.98 Å². The highest BCUT2D eigenvalue weighted by Crippen LogP contribution is 2.19. The first-order valence-corrected chi connectivity index (χ1v) is 4.04. The Morgan fingerprint density at radius 1 is 1.89 bits per heavy atom. The molecule has 0 saturated carbocycles. The highest BCUT2D eigenvalue weighted by Gasteiger charge is 2.03. The lowest BCUT2D eigenvalue weighted by atomic mass is 10.1. The van der Waals surface area contributed by atoms with E-state index in [1.807, 2.05) is 5.38 Å². The molecule has 0 saturated heterocycles. The van der Waals surface area contributed by atoms with Gasteiger partial charge in [0.2, 0.25) is 0 Å². The van der Waals surface area contributed by atoms with Gasteiger partial charge < -0.3 is 0 Å². The second-order valence-corrected chi connectivity index (χ2v) is 3.01. The van der Waals surface area contributed by atoms with Crippen molar-refractivity contribution in [3.05, 3.63) is 16.6 Å². The molecular weight excluding hydrogens is 130 g/mol. The molecule has 9 heavy (non-hydrogen) atoms. The van der Waals surface area contributed by atoms with Crippen LogP contribution in [0.2, 0.25) is 0 Å². The average Bonchev–Trinajstić information content (AvgIpc) is 2.37. The molecule has 0 fully saturated rings. The number of nitrogens with zero attached hydrogens (tertiary/aromatic N) is 1. The van der Waals surface area contributed by atoms with Crippen molar-refractivity contribution >= 4 is 11.3 Å². The Hall–Kier alpha value is -0.370. The number of aromatic nitrogens is 1. The van der Waals surface area contributed by atoms with Gasteiger partial charge in [-0.3, -0.25) is 0 Å². The lowest BCUT2D eigenvalue weighted by molar-refractivity contribution is 0.726. The Kier molecular flexibility index (Phi) is 2.22. The first kappa shape index (κ1) is 6.75. The predicted octanol–water partition coefficient (Wildman–Crippen LogP) is 2.46. The maximum absolute atomic E-state index is 4.08. The molecule has 1 atom stereocenters. The van der Waals surface area contributed by atoms with E-state index in [0.717, 1.165) is 0 Å². The van der Waals surface area contributed by atoms with E-state index in [-0.39, 0.29) is 0 Å². The van der Waals surface area contributed by atoms with E-state index >= 15 is 0 Å². The molecule has 0 amide bonds. The molecule has 0 aromatic carbocycles. The molecule has 2 heteroatoms. The predicted molar refractivity (Wildman–Crippen MR) is 39.7 cm³/mol. The van der Waals surface area contributed by atoms with Crippen molar-refractivity contribution in [3.63, 3.8) is 0 Å². The third kappa shape index (κ3) is 1.52. The molecule has 49 valence electrons. The molecule has 1 heterocycles. The van der Waals surface area contributed by atoms with E-state index in [1.54, 1.807) is 11.3 Å². The van der Waals surface area contributed by atoms with Gasteiger partial charge in [0.1, 0.15) is 6.20 Å². The number of hydrogen-bond acceptors (Lipinski definition) is 2. The molecule has 0 bridgehead atoms. The smallest absolute Gasteiger partial charge is 0.101 e. The van der Waals surface area contributed by atoms with Gasteiger partial charge in [0.15, 0.2) is 0 Å². The quantitative estimate of drug-likeness (QED) is 0.615. The van der Waals surface area contributed by atoms with Crippen molar-refractivity contribution in [2.75, 3.05) is 0 Å². The second kappa shape index (κ2) is 2.97. The molecule has 1 nitrogen and oxygen atoms in total. The van der Waals surface area contributed by atoms with E-state index in [0.29, 0.717) is 5.92 Å². The summed E-state index contributed by atoms with van der Waals surface area (Å²) in [6, 6.07) is 0. The third-order valence-corrected chi connectivity index (χ3v) is 2.40. The zero-order valence-corrected chi connectivity index (χ0v) is 6.53. The van der Waals surface area contributed by atoms with Gasteiger partial charge in [-0.1, -0.05) is 13.8 Å². The maximum Gasteiger partial charge on any atom is 0.101 e. The van der Waals surface area contributed by atoms with Crippen LogP contribution in [0, 0.1) is 6.20 Å². The van der Waals surface area contributed by atoms with Crippen LogP contribution >= 0.6 is 11.3 Å². The van der Waals surface area contributed by atoms with Crippen LogP contribution in [0.5, 0.6) is 0 Å².